The van der Waals surface area contributed by atoms with Crippen molar-refractivity contribution in [1.82, 2.24) is 15.2 Å². The number of pyridine rings is 1. The van der Waals surface area contributed by atoms with Crippen molar-refractivity contribution in [2.45, 2.75) is 26.3 Å². The summed E-state index contributed by atoms with van der Waals surface area (Å²) >= 11 is 5.28. The van der Waals surface area contributed by atoms with Crippen molar-refractivity contribution < 1.29 is 0 Å². The number of nitrogens with one attached hydrogen (secondary N) is 1. The van der Waals surface area contributed by atoms with Crippen LogP contribution in [0.1, 0.15) is 25.3 Å². The van der Waals surface area contributed by atoms with Crippen LogP contribution < -0.4 is 5.32 Å². The molecule has 4 heteroatoms. The smallest absolute Gasteiger partial charge is 0.168 e. The molecule has 0 unspecified atom stereocenters. The predicted molar refractivity (Wildman–Crippen MR) is 71.2 cm³/mol. The van der Waals surface area contributed by atoms with Gasteiger partial charge >= 0.3 is 0 Å². The summed E-state index contributed by atoms with van der Waals surface area (Å²) < 4.78 is 0. The lowest BCUT2D eigenvalue weighted by atomic mass is 10.2. The lowest BCUT2D eigenvalue weighted by Crippen LogP contribution is -2.37. The van der Waals surface area contributed by atoms with Crippen LogP contribution in [0.15, 0.2) is 24.5 Å². The molecule has 0 aliphatic heterocycles. The van der Waals surface area contributed by atoms with E-state index in [4.69, 9.17) is 12.2 Å². The maximum atomic E-state index is 5.28. The number of hydrogen-bond donors (Lipinski definition) is 1. The molecule has 0 aliphatic rings. The molecule has 3 nitrogen and oxygen atoms in total. The Morgan fingerprint density at radius 1 is 1.56 bits per heavy atom. The largest absolute Gasteiger partial charge is 0.366 e. The highest BCUT2D eigenvalue weighted by Gasteiger charge is 2.07. The van der Waals surface area contributed by atoms with E-state index in [0.717, 1.165) is 24.6 Å². The van der Waals surface area contributed by atoms with Gasteiger partial charge in [-0.25, -0.2) is 0 Å². The quantitative estimate of drug-likeness (QED) is 0.795. The third-order valence-corrected chi connectivity index (χ3v) is 2.84. The molecule has 0 spiro atoms. The Bertz CT molecular complexity index is 313. The zero-order valence-corrected chi connectivity index (χ0v) is 10.8. The molecule has 0 aliphatic carbocycles. The molecule has 1 heterocycles. The Morgan fingerprint density at radius 3 is 2.94 bits per heavy atom. The predicted octanol–water partition coefficient (Wildman–Crippen LogP) is 2.19. The van der Waals surface area contributed by atoms with Crippen LogP contribution in [-0.2, 0) is 6.54 Å². The second-order valence-corrected chi connectivity index (χ2v) is 4.08. The maximum Gasteiger partial charge on any atom is 0.168 e. The molecule has 16 heavy (non-hydrogen) atoms. The Morgan fingerprint density at radius 2 is 2.38 bits per heavy atom. The van der Waals surface area contributed by atoms with Crippen molar-refractivity contribution in [3.8, 4) is 0 Å². The normalized spacial score (nSPS) is 9.88. The minimum Gasteiger partial charge on any atom is -0.366 e. The number of nitrogens with zero attached hydrogens (tertiary/aromatic N) is 2. The van der Waals surface area contributed by atoms with Gasteiger partial charge in [-0.15, -0.1) is 0 Å². The molecule has 1 rings (SSSR count). The van der Waals surface area contributed by atoms with Crippen LogP contribution in [-0.4, -0.2) is 28.6 Å². The fourth-order valence-corrected chi connectivity index (χ4v) is 1.63. The molecular weight excluding hydrogens is 218 g/mol. The first-order valence-electron chi connectivity index (χ1n) is 5.63. The molecule has 1 aromatic heterocycles. The van der Waals surface area contributed by atoms with E-state index in [-0.39, 0.29) is 0 Å². The summed E-state index contributed by atoms with van der Waals surface area (Å²) in [6.45, 7) is 4.00. The molecule has 0 fully saturated rings. The summed E-state index contributed by atoms with van der Waals surface area (Å²) in [5.41, 5.74) is 1.19. The SMILES string of the molecule is CCCCN(Cc1cccnc1)C(=S)NC. The highest BCUT2D eigenvalue weighted by molar-refractivity contribution is 7.80. The summed E-state index contributed by atoms with van der Waals surface area (Å²) in [5.74, 6) is 0. The third-order valence-electron chi connectivity index (χ3n) is 2.38. The summed E-state index contributed by atoms with van der Waals surface area (Å²) in [6.07, 6.45) is 6.01. The molecule has 88 valence electrons. The van der Waals surface area contributed by atoms with Crippen molar-refractivity contribution in [2.24, 2.45) is 0 Å². The summed E-state index contributed by atoms with van der Waals surface area (Å²) in [5, 5.41) is 3.83. The molecule has 0 aromatic carbocycles. The molecule has 0 bridgehead atoms. The van der Waals surface area contributed by atoms with Gasteiger partial charge < -0.3 is 10.2 Å². The summed E-state index contributed by atoms with van der Waals surface area (Å²) in [7, 11) is 1.87. The monoisotopic (exact) mass is 237 g/mol. The Balaban J connectivity index is 2.59. The molecule has 0 saturated carbocycles. The Hall–Kier alpha value is -1.16. The van der Waals surface area contributed by atoms with Gasteiger partial charge in [0.25, 0.3) is 0 Å². The van der Waals surface area contributed by atoms with Gasteiger partial charge in [0.05, 0.1) is 0 Å². The van der Waals surface area contributed by atoms with Crippen LogP contribution in [0.5, 0.6) is 0 Å². The fourth-order valence-electron chi connectivity index (χ4n) is 1.47. The van der Waals surface area contributed by atoms with Crippen LogP contribution in [0.3, 0.4) is 0 Å². The fraction of sp³-hybridized carbons (Fsp3) is 0.500. The number of thiocarbonyl (C=S) groups is 1. The van der Waals surface area contributed by atoms with Gasteiger partial charge in [-0.3, -0.25) is 4.98 Å². The summed E-state index contributed by atoms with van der Waals surface area (Å²) in [6, 6.07) is 4.03. The van der Waals surface area contributed by atoms with E-state index in [1.54, 1.807) is 6.20 Å². The van der Waals surface area contributed by atoms with Crippen LogP contribution in [0, 0.1) is 0 Å². The van der Waals surface area contributed by atoms with Gasteiger partial charge in [0.15, 0.2) is 5.11 Å². The zero-order chi connectivity index (χ0) is 11.8. The Labute approximate surface area is 103 Å². The molecule has 1 aromatic rings. The van der Waals surface area contributed by atoms with Crippen LogP contribution in [0.4, 0.5) is 0 Å². The van der Waals surface area contributed by atoms with Crippen LogP contribution in [0.2, 0.25) is 0 Å². The van der Waals surface area contributed by atoms with E-state index in [1.165, 1.54) is 12.0 Å². The highest BCUT2D eigenvalue weighted by atomic mass is 32.1. The maximum absolute atomic E-state index is 5.28. The topological polar surface area (TPSA) is 28.2 Å². The second-order valence-electron chi connectivity index (χ2n) is 3.69. The van der Waals surface area contributed by atoms with E-state index in [2.05, 4.69) is 28.2 Å². The first kappa shape index (κ1) is 12.9. The van der Waals surface area contributed by atoms with Crippen molar-refractivity contribution in [1.29, 1.82) is 0 Å². The van der Waals surface area contributed by atoms with Crippen LogP contribution in [0.25, 0.3) is 0 Å². The lowest BCUT2D eigenvalue weighted by Gasteiger charge is -2.24. The molecule has 0 atom stereocenters. The zero-order valence-electron chi connectivity index (χ0n) is 9.94. The van der Waals surface area contributed by atoms with E-state index >= 15 is 0 Å². The third kappa shape index (κ3) is 4.14. The van der Waals surface area contributed by atoms with Crippen molar-refractivity contribution in [3.05, 3.63) is 30.1 Å². The van der Waals surface area contributed by atoms with E-state index in [1.807, 2.05) is 19.3 Å². The molecule has 1 N–H and O–H groups in total. The minimum atomic E-state index is 0.803. The first-order valence-corrected chi connectivity index (χ1v) is 6.04. The van der Waals surface area contributed by atoms with Gasteiger partial charge in [-0.2, -0.15) is 0 Å². The average Bonchev–Trinajstić information content (AvgIpc) is 2.34. The lowest BCUT2D eigenvalue weighted by molar-refractivity contribution is 0.398. The number of rotatable bonds is 5. The first-order chi connectivity index (χ1) is 7.77. The number of hydrogen-bond acceptors (Lipinski definition) is 2. The van der Waals surface area contributed by atoms with Crippen LogP contribution >= 0.6 is 12.2 Å². The van der Waals surface area contributed by atoms with Gasteiger partial charge in [0, 0.05) is 32.5 Å². The molecular formula is C12H19N3S. The van der Waals surface area contributed by atoms with E-state index in [0.29, 0.717) is 0 Å². The van der Waals surface area contributed by atoms with E-state index in [9.17, 15) is 0 Å². The molecule has 0 radical (unpaired) electrons. The van der Waals surface area contributed by atoms with Gasteiger partial charge in [-0.1, -0.05) is 19.4 Å². The van der Waals surface area contributed by atoms with Crippen molar-refractivity contribution in [3.63, 3.8) is 0 Å². The second kappa shape index (κ2) is 7.17. The van der Waals surface area contributed by atoms with E-state index < -0.39 is 0 Å². The number of unbranched alkanes of at least 4 members (excludes halogenated alkanes) is 1. The van der Waals surface area contributed by atoms with Gasteiger partial charge in [0.1, 0.15) is 0 Å². The van der Waals surface area contributed by atoms with Crippen molar-refractivity contribution in [2.75, 3.05) is 13.6 Å². The van der Waals surface area contributed by atoms with Crippen molar-refractivity contribution >= 4 is 17.3 Å². The Kier molecular flexibility index (Phi) is 5.78. The minimum absolute atomic E-state index is 0.803. The summed E-state index contributed by atoms with van der Waals surface area (Å²) in [4.78, 5) is 6.29. The number of aromatic nitrogens is 1. The molecule has 0 amide bonds. The molecule has 0 saturated heterocycles. The van der Waals surface area contributed by atoms with Gasteiger partial charge in [-0.05, 0) is 30.3 Å². The highest BCUT2D eigenvalue weighted by Crippen LogP contribution is 2.05. The van der Waals surface area contributed by atoms with Gasteiger partial charge in [0.2, 0.25) is 0 Å². The standard InChI is InChI=1S/C12H19N3S/c1-3-4-8-15(12(16)13-2)10-11-6-5-7-14-9-11/h5-7,9H,3-4,8,10H2,1-2H3,(H,13,16). The average molecular weight is 237 g/mol.